The SMILES string of the molecule is CCOc1ccccc1NC(=O)CSc1nccnc1N1CCSCC1. The lowest BCUT2D eigenvalue weighted by Gasteiger charge is -2.28. The van der Waals surface area contributed by atoms with Gasteiger partial charge in [-0.1, -0.05) is 23.9 Å². The van der Waals surface area contributed by atoms with Gasteiger partial charge in [-0.3, -0.25) is 4.79 Å². The highest BCUT2D eigenvalue weighted by atomic mass is 32.2. The number of aromatic nitrogens is 2. The van der Waals surface area contributed by atoms with Gasteiger partial charge in [0.1, 0.15) is 10.8 Å². The number of carbonyl (C=O) groups excluding carboxylic acids is 1. The number of thioether (sulfide) groups is 2. The zero-order valence-corrected chi connectivity index (χ0v) is 16.3. The molecule has 1 saturated heterocycles. The molecule has 0 radical (unpaired) electrons. The maximum Gasteiger partial charge on any atom is 0.234 e. The second-order valence-corrected chi connectivity index (χ2v) is 7.74. The summed E-state index contributed by atoms with van der Waals surface area (Å²) in [6.07, 6.45) is 3.38. The third-order valence-electron chi connectivity index (χ3n) is 3.76. The lowest BCUT2D eigenvalue weighted by molar-refractivity contribution is -0.113. The van der Waals surface area contributed by atoms with Crippen molar-refractivity contribution < 1.29 is 9.53 Å². The van der Waals surface area contributed by atoms with E-state index in [-0.39, 0.29) is 11.7 Å². The molecule has 1 aromatic carbocycles. The summed E-state index contributed by atoms with van der Waals surface area (Å²) >= 11 is 3.36. The average molecular weight is 391 g/mol. The molecule has 0 unspecified atom stereocenters. The van der Waals surface area contributed by atoms with Crippen molar-refractivity contribution in [2.24, 2.45) is 0 Å². The summed E-state index contributed by atoms with van der Waals surface area (Å²) in [6.45, 7) is 4.40. The van der Waals surface area contributed by atoms with Crippen molar-refractivity contribution in [2.45, 2.75) is 11.9 Å². The van der Waals surface area contributed by atoms with Crippen LogP contribution in [0.3, 0.4) is 0 Å². The number of ether oxygens (including phenoxy) is 1. The molecule has 1 aliphatic heterocycles. The molecule has 1 aliphatic rings. The van der Waals surface area contributed by atoms with E-state index in [9.17, 15) is 4.79 Å². The molecule has 2 heterocycles. The van der Waals surface area contributed by atoms with E-state index in [0.717, 1.165) is 35.4 Å². The fourth-order valence-electron chi connectivity index (χ4n) is 2.58. The van der Waals surface area contributed by atoms with Gasteiger partial charge in [-0.15, -0.1) is 0 Å². The summed E-state index contributed by atoms with van der Waals surface area (Å²) in [5.41, 5.74) is 0.687. The van der Waals surface area contributed by atoms with Gasteiger partial charge in [0, 0.05) is 37.0 Å². The maximum absolute atomic E-state index is 12.4. The minimum Gasteiger partial charge on any atom is -0.492 e. The Balaban J connectivity index is 1.62. The molecule has 8 heteroatoms. The Bertz CT molecular complexity index is 739. The summed E-state index contributed by atoms with van der Waals surface area (Å²) in [7, 11) is 0. The second kappa shape index (κ2) is 9.68. The maximum atomic E-state index is 12.4. The van der Waals surface area contributed by atoms with Gasteiger partial charge in [-0.05, 0) is 19.1 Å². The Kier molecular flexibility index (Phi) is 7.02. The van der Waals surface area contributed by atoms with Gasteiger partial charge in [0.05, 0.1) is 18.0 Å². The van der Waals surface area contributed by atoms with Crippen LogP contribution in [0, 0.1) is 0 Å². The van der Waals surface area contributed by atoms with Gasteiger partial charge in [-0.2, -0.15) is 11.8 Å². The van der Waals surface area contributed by atoms with Crippen LogP contribution >= 0.6 is 23.5 Å². The zero-order chi connectivity index (χ0) is 18.2. The molecule has 138 valence electrons. The van der Waals surface area contributed by atoms with Gasteiger partial charge in [-0.25, -0.2) is 9.97 Å². The van der Waals surface area contributed by atoms with E-state index >= 15 is 0 Å². The lowest BCUT2D eigenvalue weighted by Crippen LogP contribution is -2.33. The summed E-state index contributed by atoms with van der Waals surface area (Å²) in [4.78, 5) is 23.5. The van der Waals surface area contributed by atoms with Crippen LogP contribution in [0.15, 0.2) is 41.7 Å². The summed E-state index contributed by atoms with van der Waals surface area (Å²) in [6, 6.07) is 7.45. The normalized spacial score (nSPS) is 14.1. The molecule has 1 aromatic heterocycles. The quantitative estimate of drug-likeness (QED) is 0.728. The van der Waals surface area contributed by atoms with Crippen LogP contribution < -0.4 is 15.0 Å². The number of nitrogens with zero attached hydrogens (tertiary/aromatic N) is 3. The average Bonchev–Trinajstić information content (AvgIpc) is 2.69. The highest BCUT2D eigenvalue weighted by Gasteiger charge is 2.18. The predicted molar refractivity (Wildman–Crippen MR) is 109 cm³/mol. The van der Waals surface area contributed by atoms with E-state index < -0.39 is 0 Å². The summed E-state index contributed by atoms with van der Waals surface area (Å²) < 4.78 is 5.55. The molecule has 3 rings (SSSR count). The fourth-order valence-corrected chi connectivity index (χ4v) is 4.27. The van der Waals surface area contributed by atoms with Crippen molar-refractivity contribution in [3.63, 3.8) is 0 Å². The number of hydrogen-bond donors (Lipinski definition) is 1. The first-order valence-corrected chi connectivity index (χ1v) is 10.7. The standard InChI is InChI=1S/C18H22N4O2S2/c1-2-24-15-6-4-3-5-14(15)21-16(23)13-26-18-17(19-7-8-20-18)22-9-11-25-12-10-22/h3-8H,2,9-13H2,1H3,(H,21,23). The van der Waals surface area contributed by atoms with Crippen LogP contribution in [-0.2, 0) is 4.79 Å². The fraction of sp³-hybridized carbons (Fsp3) is 0.389. The number of rotatable bonds is 7. The minimum absolute atomic E-state index is 0.0899. The van der Waals surface area contributed by atoms with Crippen molar-refractivity contribution in [3.05, 3.63) is 36.7 Å². The van der Waals surface area contributed by atoms with Crippen molar-refractivity contribution in [1.82, 2.24) is 9.97 Å². The van der Waals surface area contributed by atoms with E-state index in [1.807, 2.05) is 43.0 Å². The minimum atomic E-state index is -0.0899. The molecule has 6 nitrogen and oxygen atoms in total. The highest BCUT2D eigenvalue weighted by Crippen LogP contribution is 2.28. The van der Waals surface area contributed by atoms with Gasteiger partial charge < -0.3 is 15.0 Å². The number of para-hydroxylation sites is 2. The topological polar surface area (TPSA) is 67.3 Å². The Morgan fingerprint density at radius 1 is 1.27 bits per heavy atom. The molecule has 0 saturated carbocycles. The first-order chi connectivity index (χ1) is 12.8. The monoisotopic (exact) mass is 390 g/mol. The third kappa shape index (κ3) is 5.04. The van der Waals surface area contributed by atoms with E-state index in [4.69, 9.17) is 4.74 Å². The van der Waals surface area contributed by atoms with Gasteiger partial charge in [0.15, 0.2) is 5.82 Å². The second-order valence-electron chi connectivity index (χ2n) is 5.55. The molecule has 2 aromatic rings. The van der Waals surface area contributed by atoms with Gasteiger partial charge >= 0.3 is 0 Å². The smallest absolute Gasteiger partial charge is 0.234 e. The number of nitrogens with one attached hydrogen (secondary N) is 1. The van der Waals surface area contributed by atoms with Crippen LogP contribution in [-0.4, -0.2) is 52.8 Å². The molecule has 0 atom stereocenters. The predicted octanol–water partition coefficient (Wildman–Crippen LogP) is 3.16. The van der Waals surface area contributed by atoms with Crippen LogP contribution in [0.5, 0.6) is 5.75 Å². The molecular weight excluding hydrogens is 368 g/mol. The van der Waals surface area contributed by atoms with Crippen molar-refractivity contribution >= 4 is 40.9 Å². The van der Waals surface area contributed by atoms with Crippen LogP contribution in [0.25, 0.3) is 0 Å². The first-order valence-electron chi connectivity index (χ1n) is 8.56. The molecule has 26 heavy (non-hydrogen) atoms. The molecular formula is C18H22N4O2S2. The number of benzene rings is 1. The Morgan fingerprint density at radius 2 is 2.04 bits per heavy atom. The molecule has 1 amide bonds. The van der Waals surface area contributed by atoms with Gasteiger partial charge in [0.2, 0.25) is 5.91 Å². The lowest BCUT2D eigenvalue weighted by atomic mass is 10.3. The van der Waals surface area contributed by atoms with Crippen LogP contribution in [0.2, 0.25) is 0 Å². The number of amides is 1. The highest BCUT2D eigenvalue weighted by molar-refractivity contribution is 8.00. The summed E-state index contributed by atoms with van der Waals surface area (Å²) in [5, 5.41) is 3.71. The van der Waals surface area contributed by atoms with E-state index in [0.29, 0.717) is 18.0 Å². The Labute approximate surface area is 162 Å². The van der Waals surface area contributed by atoms with Crippen molar-refractivity contribution in [2.75, 3.05) is 47.2 Å². The number of anilines is 2. The Morgan fingerprint density at radius 3 is 2.85 bits per heavy atom. The van der Waals surface area contributed by atoms with Crippen molar-refractivity contribution in [1.29, 1.82) is 0 Å². The van der Waals surface area contributed by atoms with Crippen LogP contribution in [0.1, 0.15) is 6.92 Å². The molecule has 0 spiro atoms. The van der Waals surface area contributed by atoms with E-state index in [1.165, 1.54) is 11.8 Å². The molecule has 1 fully saturated rings. The molecule has 0 bridgehead atoms. The zero-order valence-electron chi connectivity index (χ0n) is 14.7. The van der Waals surface area contributed by atoms with Crippen molar-refractivity contribution in [3.8, 4) is 5.75 Å². The number of carbonyl (C=O) groups is 1. The van der Waals surface area contributed by atoms with E-state index in [2.05, 4.69) is 20.2 Å². The van der Waals surface area contributed by atoms with E-state index in [1.54, 1.807) is 12.4 Å². The third-order valence-corrected chi connectivity index (χ3v) is 5.67. The summed E-state index contributed by atoms with van der Waals surface area (Å²) in [5.74, 6) is 3.92. The Hall–Kier alpha value is -1.93. The largest absolute Gasteiger partial charge is 0.492 e. The van der Waals surface area contributed by atoms with Gasteiger partial charge in [0.25, 0.3) is 0 Å². The molecule has 1 N–H and O–H groups in total. The van der Waals surface area contributed by atoms with Crippen LogP contribution in [0.4, 0.5) is 11.5 Å². The first kappa shape index (κ1) is 18.8. The number of hydrogen-bond acceptors (Lipinski definition) is 7. The molecule has 0 aliphatic carbocycles.